The Labute approximate surface area is 191 Å². The second-order valence-electron chi connectivity index (χ2n) is 6.75. The number of nitrogens with one attached hydrogen (secondary N) is 1. The zero-order valence-electron chi connectivity index (χ0n) is 18.0. The molecule has 0 heterocycles. The van der Waals surface area contributed by atoms with Crippen molar-refractivity contribution in [2.45, 2.75) is 11.5 Å². The van der Waals surface area contributed by atoms with Crippen LogP contribution in [0.5, 0.6) is 17.2 Å². The summed E-state index contributed by atoms with van der Waals surface area (Å²) in [7, 11) is -0.817. The van der Waals surface area contributed by atoms with Crippen LogP contribution in [-0.2, 0) is 16.6 Å². The molecule has 172 valence electrons. The summed E-state index contributed by atoms with van der Waals surface area (Å²) in [6.07, 6.45) is 1.36. The molecule has 3 aromatic carbocycles. The molecule has 0 aromatic heterocycles. The Morgan fingerprint density at radius 2 is 1.73 bits per heavy atom. The van der Waals surface area contributed by atoms with Crippen LogP contribution in [0.2, 0.25) is 0 Å². The molecule has 0 atom stereocenters. The van der Waals surface area contributed by atoms with Crippen LogP contribution in [0.4, 0.5) is 0 Å². The van der Waals surface area contributed by atoms with E-state index in [1.54, 1.807) is 54.6 Å². The number of hydrogen-bond acceptors (Lipinski definition) is 7. The van der Waals surface area contributed by atoms with Crippen molar-refractivity contribution in [2.75, 3.05) is 14.2 Å². The second-order valence-corrected chi connectivity index (χ2v) is 8.41. The average molecular weight is 470 g/mol. The first-order valence-corrected chi connectivity index (χ1v) is 11.2. The topological polar surface area (TPSA) is 129 Å². The van der Waals surface area contributed by atoms with Gasteiger partial charge in [0, 0.05) is 5.56 Å². The van der Waals surface area contributed by atoms with Gasteiger partial charge in [-0.25, -0.2) is 4.83 Å². The molecule has 1 amide bonds. The molecule has 0 saturated carbocycles. The van der Waals surface area contributed by atoms with E-state index in [1.807, 2.05) is 0 Å². The maximum atomic E-state index is 12.4. The van der Waals surface area contributed by atoms with Crippen molar-refractivity contribution in [1.82, 2.24) is 4.83 Å². The summed E-state index contributed by atoms with van der Waals surface area (Å²) < 4.78 is 40.9. The van der Waals surface area contributed by atoms with E-state index in [2.05, 4.69) is 9.93 Å². The zero-order valence-corrected chi connectivity index (χ0v) is 18.8. The van der Waals surface area contributed by atoms with Crippen LogP contribution in [-0.4, -0.2) is 34.8 Å². The van der Waals surface area contributed by atoms with E-state index in [4.69, 9.17) is 19.9 Å². The lowest BCUT2D eigenvalue weighted by Crippen LogP contribution is -2.18. The Morgan fingerprint density at radius 3 is 2.39 bits per heavy atom. The minimum absolute atomic E-state index is 0.0531. The summed E-state index contributed by atoms with van der Waals surface area (Å²) in [6, 6.07) is 17.7. The highest BCUT2D eigenvalue weighted by Gasteiger charge is 2.13. The molecule has 0 aliphatic rings. The number of nitrogens with zero attached hydrogens (tertiary/aromatic N) is 1. The molecule has 0 radical (unpaired) electrons. The number of hydrazone groups is 1. The number of ether oxygens (including phenoxy) is 3. The van der Waals surface area contributed by atoms with Crippen LogP contribution < -0.4 is 24.8 Å². The molecule has 10 heteroatoms. The maximum Gasteiger partial charge on any atom is 0.276 e. The summed E-state index contributed by atoms with van der Waals surface area (Å²) in [5.74, 6) is 0.854. The predicted octanol–water partition coefficient (Wildman–Crippen LogP) is 2.69. The summed E-state index contributed by atoms with van der Waals surface area (Å²) in [6.45, 7) is 0.0900. The summed E-state index contributed by atoms with van der Waals surface area (Å²) in [5, 5.41) is 3.85. The van der Waals surface area contributed by atoms with Crippen molar-refractivity contribution in [2.24, 2.45) is 10.8 Å². The average Bonchev–Trinajstić information content (AvgIpc) is 2.83. The van der Waals surface area contributed by atoms with E-state index in [9.17, 15) is 13.2 Å². The number of para-hydroxylation sites is 1. The van der Waals surface area contributed by atoms with Crippen molar-refractivity contribution in [3.8, 4) is 17.2 Å². The van der Waals surface area contributed by atoms with Crippen LogP contribution in [0.15, 0.2) is 76.7 Å². The van der Waals surface area contributed by atoms with E-state index in [1.165, 1.54) is 32.6 Å². The number of primary amides is 1. The number of hydrogen-bond donors (Lipinski definition) is 2. The van der Waals surface area contributed by atoms with Gasteiger partial charge in [-0.3, -0.25) is 4.79 Å². The van der Waals surface area contributed by atoms with Gasteiger partial charge in [0.15, 0.2) is 0 Å². The molecule has 0 saturated heterocycles. The summed E-state index contributed by atoms with van der Waals surface area (Å²) in [4.78, 5) is 13.8. The molecule has 0 aliphatic carbocycles. The molecule has 0 unspecified atom stereocenters. The minimum Gasteiger partial charge on any atom is -0.497 e. The highest BCUT2D eigenvalue weighted by atomic mass is 32.2. The third kappa shape index (κ3) is 6.01. The smallest absolute Gasteiger partial charge is 0.276 e. The van der Waals surface area contributed by atoms with Gasteiger partial charge in [0.1, 0.15) is 23.9 Å². The number of rotatable bonds is 10. The number of sulfonamides is 1. The number of carbonyl (C=O) groups excluding carboxylic acids is 1. The Bertz CT molecular complexity index is 1260. The number of carbonyl (C=O) groups is 1. The molecule has 3 aromatic rings. The largest absolute Gasteiger partial charge is 0.497 e. The van der Waals surface area contributed by atoms with Gasteiger partial charge in [-0.15, -0.1) is 0 Å². The van der Waals surface area contributed by atoms with Gasteiger partial charge in [0.25, 0.3) is 15.9 Å². The number of amides is 1. The second kappa shape index (κ2) is 10.5. The van der Waals surface area contributed by atoms with E-state index in [-0.39, 0.29) is 17.1 Å². The van der Waals surface area contributed by atoms with Crippen molar-refractivity contribution in [1.29, 1.82) is 0 Å². The monoisotopic (exact) mass is 469 g/mol. The highest BCUT2D eigenvalue weighted by Crippen LogP contribution is 2.24. The van der Waals surface area contributed by atoms with Gasteiger partial charge in [-0.1, -0.05) is 12.1 Å². The van der Waals surface area contributed by atoms with E-state index >= 15 is 0 Å². The van der Waals surface area contributed by atoms with Crippen molar-refractivity contribution in [3.63, 3.8) is 0 Å². The van der Waals surface area contributed by atoms with Gasteiger partial charge >= 0.3 is 0 Å². The molecule has 0 fully saturated rings. The van der Waals surface area contributed by atoms with Gasteiger partial charge in [-0.2, -0.15) is 13.5 Å². The quantitative estimate of drug-likeness (QED) is 0.347. The molecule has 33 heavy (non-hydrogen) atoms. The summed E-state index contributed by atoms with van der Waals surface area (Å²) in [5.41, 5.74) is 6.92. The van der Waals surface area contributed by atoms with Gasteiger partial charge in [0.05, 0.1) is 30.9 Å². The number of benzene rings is 3. The minimum atomic E-state index is -3.83. The van der Waals surface area contributed by atoms with Gasteiger partial charge in [0.2, 0.25) is 0 Å². The fraction of sp³-hybridized carbons (Fsp3) is 0.130. The van der Waals surface area contributed by atoms with Crippen molar-refractivity contribution < 1.29 is 27.4 Å². The standard InChI is InChI=1S/C23H23N3O6S/c1-30-18-8-10-19(11-9-18)33(28,29)26-25-14-16-7-12-21(31-2)17(13-16)15-32-22-6-4-3-5-20(22)23(24)27/h3-14,26H,15H2,1-2H3,(H2,24,27). The first-order chi connectivity index (χ1) is 15.8. The lowest BCUT2D eigenvalue weighted by molar-refractivity contribution is 0.0996. The summed E-state index contributed by atoms with van der Waals surface area (Å²) >= 11 is 0. The molecule has 9 nitrogen and oxygen atoms in total. The van der Waals surface area contributed by atoms with Crippen molar-refractivity contribution in [3.05, 3.63) is 83.4 Å². The molecule has 3 N–H and O–H groups in total. The Kier molecular flexibility index (Phi) is 7.52. The third-order valence-corrected chi connectivity index (χ3v) is 5.83. The Balaban J connectivity index is 1.73. The lowest BCUT2D eigenvalue weighted by atomic mass is 10.1. The molecule has 3 rings (SSSR count). The van der Waals surface area contributed by atoms with E-state index < -0.39 is 15.9 Å². The SMILES string of the molecule is COc1ccc(S(=O)(=O)NN=Cc2ccc(OC)c(COc3ccccc3C(N)=O)c2)cc1. The fourth-order valence-corrected chi connectivity index (χ4v) is 3.71. The van der Waals surface area contributed by atoms with Crippen LogP contribution in [0, 0.1) is 0 Å². The van der Waals surface area contributed by atoms with E-state index in [0.717, 1.165) is 0 Å². The molecular formula is C23H23N3O6S. The maximum absolute atomic E-state index is 12.4. The fourth-order valence-electron chi connectivity index (χ4n) is 2.92. The van der Waals surface area contributed by atoms with Crippen molar-refractivity contribution >= 4 is 22.1 Å². The van der Waals surface area contributed by atoms with Crippen LogP contribution in [0.3, 0.4) is 0 Å². The van der Waals surface area contributed by atoms with Gasteiger partial charge < -0.3 is 19.9 Å². The van der Waals surface area contributed by atoms with Crippen LogP contribution in [0.1, 0.15) is 21.5 Å². The molecule has 0 bridgehead atoms. The Hall–Kier alpha value is -4.05. The molecule has 0 spiro atoms. The number of methoxy groups -OCH3 is 2. The van der Waals surface area contributed by atoms with E-state index in [0.29, 0.717) is 28.4 Å². The van der Waals surface area contributed by atoms with Crippen LogP contribution in [0.25, 0.3) is 0 Å². The molecule has 0 aliphatic heterocycles. The predicted molar refractivity (Wildman–Crippen MR) is 123 cm³/mol. The first kappa shape index (κ1) is 23.6. The highest BCUT2D eigenvalue weighted by molar-refractivity contribution is 7.89. The third-order valence-electron chi connectivity index (χ3n) is 4.60. The zero-order chi connectivity index (χ0) is 23.8. The number of nitrogens with two attached hydrogens (primary N) is 1. The first-order valence-electron chi connectivity index (χ1n) is 9.71. The van der Waals surface area contributed by atoms with Gasteiger partial charge in [-0.05, 0) is 60.2 Å². The lowest BCUT2D eigenvalue weighted by Gasteiger charge is -2.13. The molecular weight excluding hydrogens is 446 g/mol. The Morgan fingerprint density at radius 1 is 1.00 bits per heavy atom. The van der Waals surface area contributed by atoms with Crippen LogP contribution >= 0.6 is 0 Å². The normalized spacial score (nSPS) is 11.2.